The van der Waals surface area contributed by atoms with Gasteiger partial charge in [0.15, 0.2) is 17.1 Å². The topological polar surface area (TPSA) is 92.4 Å². The number of rotatable bonds is 9. The first-order valence-electron chi connectivity index (χ1n) is 9.58. The molecule has 1 aromatic carbocycles. The molecule has 0 spiro atoms. The number of alkyl halides is 2. The third-order valence-electron chi connectivity index (χ3n) is 4.74. The second-order valence-electron chi connectivity index (χ2n) is 7.10. The van der Waals surface area contributed by atoms with Crippen LogP contribution < -0.4 is 15.2 Å². The summed E-state index contributed by atoms with van der Waals surface area (Å²) in [7, 11) is -2.15. The number of pyridine rings is 1. The highest BCUT2D eigenvalue weighted by molar-refractivity contribution is 7.90. The summed E-state index contributed by atoms with van der Waals surface area (Å²) in [5, 5.41) is 0.153. The van der Waals surface area contributed by atoms with Crippen LogP contribution in [0.2, 0.25) is 5.02 Å². The number of aromatic nitrogens is 3. The van der Waals surface area contributed by atoms with E-state index in [-0.39, 0.29) is 16.2 Å². The van der Waals surface area contributed by atoms with Crippen LogP contribution in [0, 0.1) is 0 Å². The van der Waals surface area contributed by atoms with E-state index >= 15 is 0 Å². The molecular weight excluding hydrogens is 468 g/mol. The average molecular weight is 490 g/mol. The minimum absolute atomic E-state index is 0.0440. The highest BCUT2D eigenvalue weighted by atomic mass is 35.5. The molecule has 0 saturated carbocycles. The number of nitrogens with zero attached hydrogens (tertiary/aromatic N) is 3. The van der Waals surface area contributed by atoms with Crippen molar-refractivity contribution in [1.82, 2.24) is 14.1 Å². The van der Waals surface area contributed by atoms with Gasteiger partial charge in [0, 0.05) is 12.5 Å². The normalized spacial score (nSPS) is 13.0. The number of ether oxygens (including phenoxy) is 2. The molecule has 0 unspecified atom stereocenters. The predicted molar refractivity (Wildman–Crippen MR) is 117 cm³/mol. The van der Waals surface area contributed by atoms with E-state index in [9.17, 15) is 22.0 Å². The lowest BCUT2D eigenvalue weighted by Gasteiger charge is -2.20. The SMILES string of the molecule is CCOc1cc([C@@H](CS(C)(=O)=O)n2c(=O)n(CC(F)F)c3cc(Cl)cnc32)ccc1OC. The monoisotopic (exact) mass is 489 g/mol. The van der Waals surface area contributed by atoms with Gasteiger partial charge in [-0.05, 0) is 30.7 Å². The standard InChI is InChI=1S/C20H22ClF2N3O5S/c1-4-31-17-7-12(5-6-16(17)30-2)15(11-32(3,28)29)26-19-14(8-13(21)9-24-19)25(20(26)27)10-18(22)23/h5-9,15,18H,4,10-11H2,1-3H3/t15-/m1/s1. The van der Waals surface area contributed by atoms with Crippen molar-refractivity contribution in [2.24, 2.45) is 0 Å². The summed E-state index contributed by atoms with van der Waals surface area (Å²) < 4.78 is 63.7. The second-order valence-corrected chi connectivity index (χ2v) is 9.72. The van der Waals surface area contributed by atoms with Gasteiger partial charge < -0.3 is 9.47 Å². The van der Waals surface area contributed by atoms with Gasteiger partial charge in [0.05, 0.1) is 42.6 Å². The highest BCUT2D eigenvalue weighted by Gasteiger charge is 2.28. The van der Waals surface area contributed by atoms with Crippen LogP contribution in [-0.2, 0) is 16.4 Å². The summed E-state index contributed by atoms with van der Waals surface area (Å²) in [6.07, 6.45) is -0.519. The summed E-state index contributed by atoms with van der Waals surface area (Å²) in [6.45, 7) is 1.21. The van der Waals surface area contributed by atoms with Crippen LogP contribution in [0.25, 0.3) is 11.2 Å². The number of sulfone groups is 1. The Labute approximate surface area is 188 Å². The van der Waals surface area contributed by atoms with Crippen molar-refractivity contribution in [3.63, 3.8) is 0 Å². The van der Waals surface area contributed by atoms with Crippen LogP contribution in [0.1, 0.15) is 18.5 Å². The number of benzene rings is 1. The minimum atomic E-state index is -3.61. The largest absolute Gasteiger partial charge is 0.493 e. The molecule has 12 heteroatoms. The van der Waals surface area contributed by atoms with Gasteiger partial charge >= 0.3 is 5.69 Å². The van der Waals surface area contributed by atoms with Crippen LogP contribution in [0.15, 0.2) is 35.3 Å². The Morgan fingerprint density at radius 1 is 1.22 bits per heavy atom. The first-order valence-corrected chi connectivity index (χ1v) is 12.0. The fourth-order valence-electron chi connectivity index (χ4n) is 3.50. The Bertz CT molecular complexity index is 1290. The van der Waals surface area contributed by atoms with Gasteiger partial charge in [-0.1, -0.05) is 17.7 Å². The quantitative estimate of drug-likeness (QED) is 0.458. The van der Waals surface area contributed by atoms with E-state index in [1.54, 1.807) is 25.1 Å². The van der Waals surface area contributed by atoms with Crippen molar-refractivity contribution < 1.29 is 26.7 Å². The Morgan fingerprint density at radius 2 is 1.94 bits per heavy atom. The number of halogens is 3. The lowest BCUT2D eigenvalue weighted by Crippen LogP contribution is -2.32. The van der Waals surface area contributed by atoms with Crippen LogP contribution >= 0.6 is 11.6 Å². The van der Waals surface area contributed by atoms with E-state index in [1.807, 2.05) is 0 Å². The molecule has 174 valence electrons. The Kier molecular flexibility index (Phi) is 7.09. The molecular formula is C20H22ClF2N3O5S. The van der Waals surface area contributed by atoms with Gasteiger partial charge in [-0.25, -0.2) is 27.0 Å². The minimum Gasteiger partial charge on any atom is -0.493 e. The summed E-state index contributed by atoms with van der Waals surface area (Å²) in [5.41, 5.74) is -0.283. The molecule has 1 atom stereocenters. The molecule has 3 rings (SSSR count). The molecule has 8 nitrogen and oxygen atoms in total. The van der Waals surface area contributed by atoms with Crippen molar-refractivity contribution >= 4 is 32.6 Å². The number of hydrogen-bond donors (Lipinski definition) is 0. The summed E-state index contributed by atoms with van der Waals surface area (Å²) in [6, 6.07) is 5.04. The maximum atomic E-state index is 13.2. The number of hydrogen-bond acceptors (Lipinski definition) is 6. The molecule has 0 aliphatic carbocycles. The zero-order valence-corrected chi connectivity index (χ0v) is 19.2. The third kappa shape index (κ3) is 5.04. The van der Waals surface area contributed by atoms with Crippen LogP contribution in [0.4, 0.5) is 8.78 Å². The van der Waals surface area contributed by atoms with Crippen molar-refractivity contribution in [3.05, 3.63) is 51.5 Å². The Balaban J connectivity index is 2.31. The molecule has 0 aliphatic heterocycles. The Hall–Kier alpha value is -2.66. The number of methoxy groups -OCH3 is 1. The molecule has 3 aromatic rings. The van der Waals surface area contributed by atoms with Crippen molar-refractivity contribution in [1.29, 1.82) is 0 Å². The Morgan fingerprint density at radius 3 is 2.53 bits per heavy atom. The fourth-order valence-corrected chi connectivity index (χ4v) is 4.57. The van der Waals surface area contributed by atoms with E-state index in [4.69, 9.17) is 21.1 Å². The van der Waals surface area contributed by atoms with Crippen LogP contribution in [0.3, 0.4) is 0 Å². The van der Waals surface area contributed by atoms with Crippen molar-refractivity contribution in [2.45, 2.75) is 25.9 Å². The first-order chi connectivity index (χ1) is 15.1. The van der Waals surface area contributed by atoms with E-state index in [0.29, 0.717) is 23.7 Å². The van der Waals surface area contributed by atoms with Crippen molar-refractivity contribution in [2.75, 3.05) is 25.7 Å². The molecule has 0 fully saturated rings. The molecule has 32 heavy (non-hydrogen) atoms. The predicted octanol–water partition coefficient (Wildman–Crippen LogP) is 3.16. The lowest BCUT2D eigenvalue weighted by molar-refractivity contribution is 0.126. The van der Waals surface area contributed by atoms with E-state index in [2.05, 4.69) is 4.98 Å². The first kappa shape index (κ1) is 24.0. The van der Waals surface area contributed by atoms with Gasteiger partial charge in [0.2, 0.25) is 0 Å². The maximum absolute atomic E-state index is 13.2. The van der Waals surface area contributed by atoms with Crippen LogP contribution in [0.5, 0.6) is 11.5 Å². The lowest BCUT2D eigenvalue weighted by atomic mass is 10.1. The number of imidazole rings is 1. The fraction of sp³-hybridized carbons (Fsp3) is 0.400. The average Bonchev–Trinajstić information content (AvgIpc) is 2.96. The molecule has 0 amide bonds. The highest BCUT2D eigenvalue weighted by Crippen LogP contribution is 2.33. The van der Waals surface area contributed by atoms with Gasteiger partial charge in [-0.15, -0.1) is 0 Å². The van der Waals surface area contributed by atoms with Crippen LogP contribution in [-0.4, -0.2) is 54.7 Å². The summed E-state index contributed by atoms with van der Waals surface area (Å²) in [5.74, 6) is 0.306. The second kappa shape index (κ2) is 9.45. The third-order valence-corrected chi connectivity index (χ3v) is 5.86. The van der Waals surface area contributed by atoms with Gasteiger partial charge in [-0.3, -0.25) is 9.13 Å². The van der Waals surface area contributed by atoms with Gasteiger partial charge in [0.25, 0.3) is 6.43 Å². The number of fused-ring (bicyclic) bond motifs is 1. The van der Waals surface area contributed by atoms with E-state index < -0.39 is 40.3 Å². The van der Waals surface area contributed by atoms with E-state index in [1.165, 1.54) is 19.4 Å². The zero-order valence-electron chi connectivity index (χ0n) is 17.6. The molecule has 2 aromatic heterocycles. The smallest absolute Gasteiger partial charge is 0.331 e. The summed E-state index contributed by atoms with van der Waals surface area (Å²) >= 11 is 5.98. The summed E-state index contributed by atoms with van der Waals surface area (Å²) in [4.78, 5) is 17.4. The van der Waals surface area contributed by atoms with E-state index in [0.717, 1.165) is 15.4 Å². The molecule has 0 N–H and O–H groups in total. The molecule has 0 radical (unpaired) electrons. The molecule has 0 aliphatic rings. The van der Waals surface area contributed by atoms with Gasteiger partial charge in [0.1, 0.15) is 9.84 Å². The molecule has 0 saturated heterocycles. The van der Waals surface area contributed by atoms with Crippen molar-refractivity contribution in [3.8, 4) is 11.5 Å². The molecule has 0 bridgehead atoms. The maximum Gasteiger partial charge on any atom is 0.331 e. The van der Waals surface area contributed by atoms with Gasteiger partial charge in [-0.2, -0.15) is 0 Å². The zero-order chi connectivity index (χ0) is 23.6. The molecule has 2 heterocycles.